The molecular weight excluding hydrogens is 303 g/mol. The Morgan fingerprint density at radius 3 is 2.58 bits per heavy atom. The maximum Gasteiger partial charge on any atom is 0.406 e. The predicted molar refractivity (Wildman–Crippen MR) is 66.7 cm³/mol. The van der Waals surface area contributed by atoms with Gasteiger partial charge in [0.2, 0.25) is 0 Å². The Bertz CT molecular complexity index is 436. The lowest BCUT2D eigenvalue weighted by Gasteiger charge is -2.22. The Morgan fingerprint density at radius 1 is 1.47 bits per heavy atom. The Morgan fingerprint density at radius 2 is 2.11 bits per heavy atom. The molecule has 0 saturated carbocycles. The van der Waals surface area contributed by atoms with Crippen LogP contribution in [0.15, 0.2) is 0 Å². The smallest absolute Gasteiger partial charge is 0.328 e. The molecule has 0 unspecified atom stereocenters. The molecule has 0 radical (unpaired) electrons. The molecule has 0 bridgehead atoms. The van der Waals surface area contributed by atoms with Crippen molar-refractivity contribution in [1.29, 1.82) is 0 Å². The summed E-state index contributed by atoms with van der Waals surface area (Å²) < 4.78 is 40.9. The lowest BCUT2D eigenvalue weighted by atomic mass is 10.1. The van der Waals surface area contributed by atoms with Crippen molar-refractivity contribution in [2.75, 3.05) is 19.0 Å². The van der Waals surface area contributed by atoms with Crippen molar-refractivity contribution in [2.24, 2.45) is 0 Å². The molecule has 0 fully saturated rings. The van der Waals surface area contributed by atoms with Crippen LogP contribution in [-0.4, -0.2) is 45.5 Å². The second-order valence-electron chi connectivity index (χ2n) is 4.17. The highest BCUT2D eigenvalue weighted by molar-refractivity contribution is 7.08. The molecule has 19 heavy (non-hydrogen) atoms. The Kier molecular flexibility index (Phi) is 5.54. The van der Waals surface area contributed by atoms with Gasteiger partial charge in [-0.05, 0) is 17.5 Å². The van der Waals surface area contributed by atoms with Crippen molar-refractivity contribution < 1.29 is 18.0 Å². The van der Waals surface area contributed by atoms with E-state index in [2.05, 4.69) is 9.59 Å². The summed E-state index contributed by atoms with van der Waals surface area (Å²) in [5, 5.41) is 3.78. The number of aromatic nitrogens is 2. The lowest BCUT2D eigenvalue weighted by Crippen LogP contribution is -2.40. The quantitative estimate of drug-likeness (QED) is 0.785. The molecule has 0 saturated heterocycles. The highest BCUT2D eigenvalue weighted by Crippen LogP contribution is 2.23. The summed E-state index contributed by atoms with van der Waals surface area (Å²) >= 11 is 6.25. The zero-order valence-corrected chi connectivity index (χ0v) is 11.9. The number of amides is 1. The highest BCUT2D eigenvalue weighted by atomic mass is 35.5. The van der Waals surface area contributed by atoms with E-state index in [-0.39, 0.29) is 23.2 Å². The van der Waals surface area contributed by atoms with Crippen LogP contribution in [0.1, 0.15) is 35.1 Å². The highest BCUT2D eigenvalue weighted by Gasteiger charge is 2.34. The van der Waals surface area contributed by atoms with E-state index in [1.165, 1.54) is 0 Å². The summed E-state index contributed by atoms with van der Waals surface area (Å²) in [6.45, 7) is 2.09. The van der Waals surface area contributed by atoms with Crippen molar-refractivity contribution >= 4 is 29.0 Å². The van der Waals surface area contributed by atoms with Crippen LogP contribution >= 0.6 is 23.1 Å². The SMILES string of the molecule is CC(C)c1nnsc1C(=O)N(CCCl)CC(F)(F)F. The number of rotatable bonds is 5. The van der Waals surface area contributed by atoms with Crippen LogP contribution in [0.25, 0.3) is 0 Å². The third kappa shape index (κ3) is 4.61. The molecular formula is C10H13ClF3N3OS. The molecule has 1 amide bonds. The predicted octanol–water partition coefficient (Wildman–Crippen LogP) is 2.90. The maximum absolute atomic E-state index is 12.4. The molecule has 1 aromatic heterocycles. The van der Waals surface area contributed by atoms with Crippen LogP contribution in [-0.2, 0) is 0 Å². The molecule has 0 spiro atoms. The number of carbonyl (C=O) groups excluding carboxylic acids is 1. The minimum Gasteiger partial charge on any atom is -0.328 e. The molecule has 0 atom stereocenters. The summed E-state index contributed by atoms with van der Waals surface area (Å²) in [5.74, 6) is -0.872. The van der Waals surface area contributed by atoms with Gasteiger partial charge in [0.25, 0.3) is 5.91 Å². The molecule has 9 heteroatoms. The Balaban J connectivity index is 2.96. The molecule has 0 aliphatic rings. The van der Waals surface area contributed by atoms with Gasteiger partial charge in [-0.1, -0.05) is 18.3 Å². The molecule has 0 aromatic carbocycles. The van der Waals surface area contributed by atoms with Gasteiger partial charge in [0, 0.05) is 12.4 Å². The van der Waals surface area contributed by atoms with E-state index < -0.39 is 18.6 Å². The fourth-order valence-electron chi connectivity index (χ4n) is 1.44. The molecule has 1 aromatic rings. The first-order valence-corrected chi connectivity index (χ1v) is 6.81. The first kappa shape index (κ1) is 16.2. The molecule has 108 valence electrons. The van der Waals surface area contributed by atoms with Gasteiger partial charge in [-0.25, -0.2) is 0 Å². The number of halogens is 4. The van der Waals surface area contributed by atoms with Crippen LogP contribution < -0.4 is 0 Å². The largest absolute Gasteiger partial charge is 0.406 e. The average molecular weight is 316 g/mol. The van der Waals surface area contributed by atoms with Crippen LogP contribution in [0, 0.1) is 0 Å². The van der Waals surface area contributed by atoms with E-state index in [1.54, 1.807) is 13.8 Å². The van der Waals surface area contributed by atoms with Crippen LogP contribution in [0.4, 0.5) is 13.2 Å². The van der Waals surface area contributed by atoms with Crippen molar-refractivity contribution in [1.82, 2.24) is 14.5 Å². The number of nitrogens with zero attached hydrogens (tertiary/aromatic N) is 3. The topological polar surface area (TPSA) is 46.1 Å². The van der Waals surface area contributed by atoms with Gasteiger partial charge in [-0.15, -0.1) is 16.7 Å². The minimum absolute atomic E-state index is 0.0644. The van der Waals surface area contributed by atoms with Gasteiger partial charge in [0.1, 0.15) is 11.4 Å². The van der Waals surface area contributed by atoms with Gasteiger partial charge < -0.3 is 4.90 Å². The second kappa shape index (κ2) is 6.51. The van der Waals surface area contributed by atoms with Crippen molar-refractivity contribution in [2.45, 2.75) is 25.9 Å². The van der Waals surface area contributed by atoms with Crippen LogP contribution in [0.2, 0.25) is 0 Å². The Labute approximate surface area is 117 Å². The van der Waals surface area contributed by atoms with Gasteiger partial charge in [-0.3, -0.25) is 4.79 Å². The van der Waals surface area contributed by atoms with E-state index in [9.17, 15) is 18.0 Å². The Hall–Kier alpha value is -0.890. The number of hydrogen-bond donors (Lipinski definition) is 0. The molecule has 0 aliphatic heterocycles. The van der Waals surface area contributed by atoms with Gasteiger partial charge in [-0.2, -0.15) is 13.2 Å². The molecule has 0 N–H and O–H groups in total. The zero-order valence-electron chi connectivity index (χ0n) is 10.4. The fourth-order valence-corrected chi connectivity index (χ4v) is 2.43. The van der Waals surface area contributed by atoms with Gasteiger partial charge >= 0.3 is 6.18 Å². The van der Waals surface area contributed by atoms with E-state index in [0.29, 0.717) is 10.6 Å². The van der Waals surface area contributed by atoms with Crippen LogP contribution in [0.3, 0.4) is 0 Å². The summed E-state index contributed by atoms with van der Waals surface area (Å²) in [6.07, 6.45) is -4.46. The number of alkyl halides is 4. The monoisotopic (exact) mass is 315 g/mol. The van der Waals surface area contributed by atoms with Crippen LogP contribution in [0.5, 0.6) is 0 Å². The number of carbonyl (C=O) groups is 1. The van der Waals surface area contributed by atoms with Crippen molar-refractivity contribution in [3.63, 3.8) is 0 Å². The van der Waals surface area contributed by atoms with Crippen molar-refractivity contribution in [3.05, 3.63) is 10.6 Å². The maximum atomic E-state index is 12.4. The van der Waals surface area contributed by atoms with Gasteiger partial charge in [0.15, 0.2) is 0 Å². The summed E-state index contributed by atoms with van der Waals surface area (Å²) in [7, 11) is 0. The zero-order chi connectivity index (χ0) is 14.6. The molecule has 1 heterocycles. The standard InChI is InChI=1S/C10H13ClF3N3OS/c1-6(2)7-8(19-16-15-7)9(18)17(4-3-11)5-10(12,13)14/h6H,3-5H2,1-2H3. The molecule has 4 nitrogen and oxygen atoms in total. The first-order valence-electron chi connectivity index (χ1n) is 5.50. The summed E-state index contributed by atoms with van der Waals surface area (Å²) in [6, 6.07) is 0. The van der Waals surface area contributed by atoms with E-state index in [4.69, 9.17) is 11.6 Å². The van der Waals surface area contributed by atoms with Crippen molar-refractivity contribution in [3.8, 4) is 0 Å². The first-order chi connectivity index (χ1) is 8.76. The lowest BCUT2D eigenvalue weighted by molar-refractivity contribution is -0.140. The molecule has 0 aliphatic carbocycles. The third-order valence-electron chi connectivity index (χ3n) is 2.27. The normalized spacial score (nSPS) is 11.9. The summed E-state index contributed by atoms with van der Waals surface area (Å²) in [5.41, 5.74) is 0.414. The van der Waals surface area contributed by atoms with E-state index in [1.807, 2.05) is 0 Å². The number of hydrogen-bond acceptors (Lipinski definition) is 4. The molecule has 1 rings (SSSR count). The second-order valence-corrected chi connectivity index (χ2v) is 5.30. The van der Waals surface area contributed by atoms with E-state index in [0.717, 1.165) is 11.5 Å². The third-order valence-corrected chi connectivity index (χ3v) is 3.16. The summed E-state index contributed by atoms with van der Waals surface area (Å²) in [4.78, 5) is 12.9. The van der Waals surface area contributed by atoms with E-state index >= 15 is 0 Å². The minimum atomic E-state index is -4.46. The average Bonchev–Trinajstić information content (AvgIpc) is 2.74. The van der Waals surface area contributed by atoms with Gasteiger partial charge in [0.05, 0.1) is 5.69 Å². The fraction of sp³-hybridized carbons (Fsp3) is 0.700.